The molecule has 0 spiro atoms. The average molecular weight is 332 g/mol. The summed E-state index contributed by atoms with van der Waals surface area (Å²) in [6.45, 7) is 17.7. The lowest BCUT2D eigenvalue weighted by molar-refractivity contribution is 0.277. The Kier molecular flexibility index (Phi) is 7.86. The van der Waals surface area contributed by atoms with Crippen LogP contribution in [-0.4, -0.2) is 29.9 Å². The van der Waals surface area contributed by atoms with Crippen molar-refractivity contribution in [1.29, 1.82) is 0 Å². The third-order valence-corrected chi connectivity index (χ3v) is 10.1. The van der Waals surface area contributed by atoms with Crippen LogP contribution in [0.5, 0.6) is 0 Å². The summed E-state index contributed by atoms with van der Waals surface area (Å²) in [6.07, 6.45) is 7.19. The second kappa shape index (κ2) is 7.91. The zero-order valence-electron chi connectivity index (χ0n) is 15.0. The molecule has 0 aromatic heterocycles. The summed E-state index contributed by atoms with van der Waals surface area (Å²) in [7, 11) is -2.81. The van der Waals surface area contributed by atoms with Gasteiger partial charge in [-0.1, -0.05) is 26.7 Å². The molecule has 0 aliphatic carbocycles. The van der Waals surface area contributed by atoms with Crippen molar-refractivity contribution < 1.29 is 8.63 Å². The van der Waals surface area contributed by atoms with Gasteiger partial charge >= 0.3 is 0 Å². The van der Waals surface area contributed by atoms with Crippen LogP contribution in [0.4, 0.5) is 0 Å². The number of rotatable bonds is 7. The first-order valence-corrected chi connectivity index (χ1v) is 11.7. The van der Waals surface area contributed by atoms with Crippen molar-refractivity contribution in [1.82, 2.24) is 4.72 Å². The van der Waals surface area contributed by atoms with Crippen molar-refractivity contribution in [3.8, 4) is 12.3 Å². The zero-order valence-corrected chi connectivity index (χ0v) is 16.8. The molecule has 0 fully saturated rings. The highest BCUT2D eigenvalue weighted by Gasteiger charge is 2.36. The highest BCUT2D eigenvalue weighted by Crippen LogP contribution is 2.36. The maximum Gasteiger partial charge on any atom is 0.191 e. The van der Waals surface area contributed by atoms with E-state index < -0.39 is 19.3 Å². The van der Waals surface area contributed by atoms with Crippen molar-refractivity contribution >= 4 is 19.3 Å². The number of nitrogens with one attached hydrogen (secondary N) is 1. The highest BCUT2D eigenvalue weighted by molar-refractivity contribution is 7.84. The van der Waals surface area contributed by atoms with Gasteiger partial charge in [-0.3, -0.25) is 0 Å². The molecule has 5 heteroatoms. The van der Waals surface area contributed by atoms with Gasteiger partial charge in [0.05, 0.1) is 21.8 Å². The van der Waals surface area contributed by atoms with Gasteiger partial charge in [-0.2, -0.15) is 0 Å². The van der Waals surface area contributed by atoms with Gasteiger partial charge in [-0.25, -0.2) is 8.93 Å². The van der Waals surface area contributed by atoms with E-state index in [1.807, 2.05) is 20.8 Å². The Balaban J connectivity index is 4.22. The molecule has 0 bridgehead atoms. The smallest absolute Gasteiger partial charge is 0.191 e. The molecule has 3 nitrogen and oxygen atoms in total. The third-order valence-electron chi connectivity index (χ3n) is 3.91. The van der Waals surface area contributed by atoms with E-state index in [0.29, 0.717) is 0 Å². The maximum absolute atomic E-state index is 12.0. The number of hydrogen-bond donors (Lipinski definition) is 1. The standard InChI is InChI=1S/C16H33NO2SSi/c1-10-14(17-20(18)15(2,3)4)12-11-13-19-21(8,9)16(5,6)7/h1,14,17H,11-13H2,2-9H3/t14-,20+/m1/s1. The maximum atomic E-state index is 12.0. The Morgan fingerprint density at radius 3 is 2.14 bits per heavy atom. The minimum absolute atomic E-state index is 0.159. The minimum atomic E-state index is -1.68. The van der Waals surface area contributed by atoms with E-state index in [9.17, 15) is 4.21 Å². The Hall–Kier alpha value is -0.153. The highest BCUT2D eigenvalue weighted by atomic mass is 32.2. The molecule has 124 valence electrons. The fourth-order valence-electron chi connectivity index (χ4n) is 1.31. The first kappa shape index (κ1) is 20.8. The fraction of sp³-hybridized carbons (Fsp3) is 0.875. The van der Waals surface area contributed by atoms with E-state index in [1.54, 1.807) is 0 Å². The van der Waals surface area contributed by atoms with Gasteiger partial charge in [-0.05, 0) is 51.7 Å². The van der Waals surface area contributed by atoms with Crippen LogP contribution < -0.4 is 4.72 Å². The first-order chi connectivity index (χ1) is 9.31. The lowest BCUT2D eigenvalue weighted by Crippen LogP contribution is -2.41. The molecule has 0 aromatic carbocycles. The van der Waals surface area contributed by atoms with Gasteiger partial charge < -0.3 is 4.43 Å². The van der Waals surface area contributed by atoms with Gasteiger partial charge in [-0.15, -0.1) is 6.42 Å². The molecule has 0 radical (unpaired) electrons. The van der Waals surface area contributed by atoms with E-state index in [4.69, 9.17) is 10.8 Å². The summed E-state index contributed by atoms with van der Waals surface area (Å²) < 4.78 is 20.9. The van der Waals surface area contributed by atoms with Crippen LogP contribution >= 0.6 is 0 Å². The molecule has 0 saturated heterocycles. The van der Waals surface area contributed by atoms with Crippen LogP contribution in [0, 0.1) is 12.3 Å². The summed E-state index contributed by atoms with van der Waals surface area (Å²) in [5.41, 5.74) is 0. The predicted molar refractivity (Wildman–Crippen MR) is 96.0 cm³/mol. The van der Waals surface area contributed by atoms with Crippen LogP contribution in [0.2, 0.25) is 18.1 Å². The molecule has 0 saturated carbocycles. The Bertz CT molecular complexity index is 389. The summed E-state index contributed by atoms with van der Waals surface area (Å²) in [5.74, 6) is 2.68. The molecule has 21 heavy (non-hydrogen) atoms. The largest absolute Gasteiger partial charge is 0.417 e. The molecular weight excluding hydrogens is 298 g/mol. The quantitative estimate of drug-likeness (QED) is 0.437. The van der Waals surface area contributed by atoms with Crippen LogP contribution in [0.1, 0.15) is 54.4 Å². The molecule has 0 rings (SSSR count). The lowest BCUT2D eigenvalue weighted by atomic mass is 10.2. The van der Waals surface area contributed by atoms with E-state index >= 15 is 0 Å². The van der Waals surface area contributed by atoms with Crippen molar-refractivity contribution in [3.63, 3.8) is 0 Å². The molecule has 0 unspecified atom stereocenters. The third kappa shape index (κ3) is 7.60. The molecule has 0 aliphatic heterocycles. The van der Waals surface area contributed by atoms with Crippen LogP contribution in [0.15, 0.2) is 0 Å². The van der Waals surface area contributed by atoms with Crippen LogP contribution in [0.25, 0.3) is 0 Å². The Labute approximate surface area is 135 Å². The van der Waals surface area contributed by atoms with E-state index in [2.05, 4.69) is 44.5 Å². The van der Waals surface area contributed by atoms with Crippen molar-refractivity contribution in [2.75, 3.05) is 6.61 Å². The molecule has 0 aliphatic rings. The molecule has 2 atom stereocenters. The van der Waals surface area contributed by atoms with E-state index in [1.165, 1.54) is 0 Å². The minimum Gasteiger partial charge on any atom is -0.417 e. The molecule has 0 amide bonds. The monoisotopic (exact) mass is 331 g/mol. The normalized spacial score (nSPS) is 16.3. The second-order valence-electron chi connectivity index (χ2n) is 7.97. The van der Waals surface area contributed by atoms with Gasteiger partial charge in [0.2, 0.25) is 0 Å². The molecule has 0 aromatic rings. The van der Waals surface area contributed by atoms with Gasteiger partial charge in [0, 0.05) is 6.61 Å². The SMILES string of the molecule is C#C[C@H](CCCO[Si](C)(C)C(C)(C)C)N[S@@](=O)C(C)(C)C. The first-order valence-electron chi connectivity index (χ1n) is 7.59. The van der Waals surface area contributed by atoms with Gasteiger partial charge in [0.15, 0.2) is 8.32 Å². The summed E-state index contributed by atoms with van der Waals surface area (Å²) in [4.78, 5) is 0. The summed E-state index contributed by atoms with van der Waals surface area (Å²) in [6, 6.07) is -0.159. The number of hydrogen-bond acceptors (Lipinski definition) is 2. The average Bonchev–Trinajstić information content (AvgIpc) is 2.29. The molecule has 1 N–H and O–H groups in total. The number of terminal acetylenes is 1. The Morgan fingerprint density at radius 2 is 1.76 bits per heavy atom. The van der Waals surface area contributed by atoms with Crippen molar-refractivity contribution in [2.45, 2.75) is 83.3 Å². The van der Waals surface area contributed by atoms with E-state index in [-0.39, 0.29) is 15.8 Å². The van der Waals surface area contributed by atoms with E-state index in [0.717, 1.165) is 19.4 Å². The van der Waals surface area contributed by atoms with Crippen molar-refractivity contribution in [3.05, 3.63) is 0 Å². The van der Waals surface area contributed by atoms with Gasteiger partial charge in [0.1, 0.15) is 0 Å². The fourth-order valence-corrected chi connectivity index (χ4v) is 3.20. The van der Waals surface area contributed by atoms with Crippen LogP contribution in [-0.2, 0) is 15.4 Å². The zero-order chi connectivity index (χ0) is 16.9. The summed E-state index contributed by atoms with van der Waals surface area (Å²) >= 11 is 0. The topological polar surface area (TPSA) is 38.3 Å². The van der Waals surface area contributed by atoms with Crippen LogP contribution in [0.3, 0.4) is 0 Å². The predicted octanol–water partition coefficient (Wildman–Crippen LogP) is 3.84. The van der Waals surface area contributed by atoms with Crippen molar-refractivity contribution in [2.24, 2.45) is 0 Å². The molecular formula is C16H33NO2SSi. The Morgan fingerprint density at radius 1 is 1.24 bits per heavy atom. The van der Waals surface area contributed by atoms with Gasteiger partial charge in [0.25, 0.3) is 0 Å². The molecule has 0 heterocycles. The summed E-state index contributed by atoms with van der Waals surface area (Å²) in [5, 5.41) is 0.227. The lowest BCUT2D eigenvalue weighted by Gasteiger charge is -2.36. The second-order valence-corrected chi connectivity index (χ2v) is 14.8.